The molecule has 0 spiro atoms. The van der Waals surface area contributed by atoms with Crippen molar-refractivity contribution >= 4 is 21.7 Å². The first kappa shape index (κ1) is 13.2. The minimum atomic E-state index is -0.765. The smallest absolute Gasteiger partial charge is 0.302 e. The number of carbonyl (C=O) groups is 2. The predicted octanol–water partition coefficient (Wildman–Crippen LogP) is 0.641. The lowest BCUT2D eigenvalue weighted by Crippen LogP contribution is -2.14. The molecule has 0 aliphatic carbocycles. The van der Waals surface area contributed by atoms with Crippen molar-refractivity contribution in [2.45, 2.75) is 33.2 Å². The van der Waals surface area contributed by atoms with Crippen molar-refractivity contribution in [2.24, 2.45) is 5.92 Å². The molecule has 0 saturated heterocycles. The largest absolute Gasteiger partial charge is 0.525 e. The first-order chi connectivity index (χ1) is 6.54. The van der Waals surface area contributed by atoms with Crippen LogP contribution in [0.2, 0.25) is 6.04 Å². The van der Waals surface area contributed by atoms with Gasteiger partial charge in [0.2, 0.25) is 9.76 Å². The van der Waals surface area contributed by atoms with Crippen LogP contribution in [0.5, 0.6) is 0 Å². The minimum absolute atomic E-state index is 0.0454. The van der Waals surface area contributed by atoms with Crippen LogP contribution in [-0.2, 0) is 18.8 Å². The Kier molecular flexibility index (Phi) is 7.10. The average Bonchev–Trinajstić information content (AvgIpc) is 2.09. The van der Waals surface area contributed by atoms with Gasteiger partial charge in [-0.2, -0.15) is 0 Å². The maximum Gasteiger partial charge on any atom is 0.302 e. The van der Waals surface area contributed by atoms with E-state index in [1.807, 2.05) is 13.8 Å². The van der Waals surface area contributed by atoms with Gasteiger partial charge in [-0.25, -0.2) is 0 Å². The fourth-order valence-corrected chi connectivity index (χ4v) is 1.85. The van der Waals surface area contributed by atoms with Crippen molar-refractivity contribution in [3.05, 3.63) is 0 Å². The predicted molar refractivity (Wildman–Crippen MR) is 55.5 cm³/mol. The molecule has 0 unspecified atom stereocenters. The number of hydrogen-bond donors (Lipinski definition) is 0. The summed E-state index contributed by atoms with van der Waals surface area (Å²) in [5, 5.41) is 0. The standard InChI is InChI=1S/C9H18O4Si/c1-7(2)9(11)13-14-6-4-5-12-8(3)10/h7H,4-6,14H2,1-3H3. The van der Waals surface area contributed by atoms with E-state index in [4.69, 9.17) is 9.16 Å². The molecule has 14 heavy (non-hydrogen) atoms. The van der Waals surface area contributed by atoms with E-state index in [9.17, 15) is 9.59 Å². The van der Waals surface area contributed by atoms with Gasteiger partial charge in [0.05, 0.1) is 6.61 Å². The second-order valence-electron chi connectivity index (χ2n) is 3.37. The Morgan fingerprint density at radius 3 is 2.50 bits per heavy atom. The molecule has 0 atom stereocenters. The molecule has 0 aliphatic heterocycles. The highest BCUT2D eigenvalue weighted by Crippen LogP contribution is 1.97. The molecule has 5 heteroatoms. The van der Waals surface area contributed by atoms with Crippen LogP contribution >= 0.6 is 0 Å². The molecular weight excluding hydrogens is 200 g/mol. The van der Waals surface area contributed by atoms with Crippen LogP contribution in [0, 0.1) is 5.92 Å². The summed E-state index contributed by atoms with van der Waals surface area (Å²) in [6.45, 7) is 5.45. The Hall–Kier alpha value is -0.843. The van der Waals surface area contributed by atoms with Gasteiger partial charge >= 0.3 is 5.97 Å². The third kappa shape index (κ3) is 7.79. The molecule has 0 aromatic heterocycles. The second-order valence-corrected chi connectivity index (χ2v) is 4.77. The molecule has 0 rings (SSSR count). The normalized spacial score (nSPS) is 10.9. The van der Waals surface area contributed by atoms with E-state index in [1.54, 1.807) is 0 Å². The van der Waals surface area contributed by atoms with Crippen LogP contribution in [0.3, 0.4) is 0 Å². The van der Waals surface area contributed by atoms with Gasteiger partial charge in [-0.15, -0.1) is 0 Å². The molecule has 0 N–H and O–H groups in total. The highest BCUT2D eigenvalue weighted by molar-refractivity contribution is 6.30. The summed E-state index contributed by atoms with van der Waals surface area (Å²) >= 11 is 0. The summed E-state index contributed by atoms with van der Waals surface area (Å²) in [5.74, 6) is -0.425. The van der Waals surface area contributed by atoms with Gasteiger partial charge in [0, 0.05) is 12.8 Å². The van der Waals surface area contributed by atoms with E-state index in [0.717, 1.165) is 12.5 Å². The summed E-state index contributed by atoms with van der Waals surface area (Å²) in [7, 11) is -0.765. The molecule has 0 saturated carbocycles. The van der Waals surface area contributed by atoms with Gasteiger partial charge < -0.3 is 9.16 Å². The summed E-state index contributed by atoms with van der Waals surface area (Å²) in [6.07, 6.45) is 0.789. The summed E-state index contributed by atoms with van der Waals surface area (Å²) in [5.41, 5.74) is 0. The number of ether oxygens (including phenoxy) is 1. The van der Waals surface area contributed by atoms with Crippen molar-refractivity contribution in [2.75, 3.05) is 6.61 Å². The molecule has 4 nitrogen and oxygen atoms in total. The fourth-order valence-electron chi connectivity index (χ4n) is 0.759. The summed E-state index contributed by atoms with van der Waals surface area (Å²) in [6, 6.07) is 0.867. The third-order valence-corrected chi connectivity index (χ3v) is 2.84. The molecule has 0 aromatic rings. The molecule has 0 amide bonds. The van der Waals surface area contributed by atoms with Crippen molar-refractivity contribution in [1.29, 1.82) is 0 Å². The first-order valence-electron chi connectivity index (χ1n) is 4.84. The Labute approximate surface area is 86.9 Å². The van der Waals surface area contributed by atoms with E-state index in [1.165, 1.54) is 6.92 Å². The number of carbonyl (C=O) groups excluding carboxylic acids is 2. The number of rotatable bonds is 6. The van der Waals surface area contributed by atoms with Gasteiger partial charge in [-0.1, -0.05) is 13.8 Å². The van der Waals surface area contributed by atoms with Crippen LogP contribution in [0.4, 0.5) is 0 Å². The fraction of sp³-hybridized carbons (Fsp3) is 0.778. The van der Waals surface area contributed by atoms with Crippen molar-refractivity contribution < 1.29 is 18.8 Å². The minimum Gasteiger partial charge on any atom is -0.525 e. The van der Waals surface area contributed by atoms with E-state index >= 15 is 0 Å². The zero-order chi connectivity index (χ0) is 11.0. The highest BCUT2D eigenvalue weighted by Gasteiger charge is 2.06. The maximum absolute atomic E-state index is 11.0. The Balaban J connectivity index is 3.22. The molecule has 0 aromatic carbocycles. The second kappa shape index (κ2) is 7.55. The van der Waals surface area contributed by atoms with E-state index in [2.05, 4.69) is 0 Å². The molecule has 0 fully saturated rings. The SMILES string of the molecule is CC(=O)OCCC[SiH2]OC(=O)C(C)C. The summed E-state index contributed by atoms with van der Waals surface area (Å²) in [4.78, 5) is 21.4. The quantitative estimate of drug-likeness (QED) is 0.373. The number of hydrogen-bond acceptors (Lipinski definition) is 4. The van der Waals surface area contributed by atoms with Crippen molar-refractivity contribution in [1.82, 2.24) is 0 Å². The van der Waals surface area contributed by atoms with Gasteiger partial charge in [-0.05, 0) is 12.5 Å². The van der Waals surface area contributed by atoms with Gasteiger partial charge in [0.15, 0.2) is 0 Å². The van der Waals surface area contributed by atoms with Gasteiger partial charge in [0.25, 0.3) is 5.97 Å². The molecule has 0 heterocycles. The van der Waals surface area contributed by atoms with Crippen molar-refractivity contribution in [3.63, 3.8) is 0 Å². The molecule has 82 valence electrons. The zero-order valence-corrected chi connectivity index (χ0v) is 10.5. The summed E-state index contributed by atoms with van der Waals surface area (Å²) < 4.78 is 9.81. The Bertz CT molecular complexity index is 191. The van der Waals surface area contributed by atoms with Crippen molar-refractivity contribution in [3.8, 4) is 0 Å². The Morgan fingerprint density at radius 2 is 2.00 bits per heavy atom. The Morgan fingerprint density at radius 1 is 1.36 bits per heavy atom. The van der Waals surface area contributed by atoms with E-state index in [0.29, 0.717) is 6.61 Å². The average molecular weight is 218 g/mol. The highest BCUT2D eigenvalue weighted by atomic mass is 28.2. The van der Waals surface area contributed by atoms with Crippen LogP contribution in [0.1, 0.15) is 27.2 Å². The van der Waals surface area contributed by atoms with E-state index in [-0.39, 0.29) is 17.9 Å². The maximum atomic E-state index is 11.0. The molecule has 0 radical (unpaired) electrons. The first-order valence-corrected chi connectivity index (χ1v) is 6.41. The molecule has 0 aliphatic rings. The molecular formula is C9H18O4Si. The van der Waals surface area contributed by atoms with Gasteiger partial charge in [-0.3, -0.25) is 9.59 Å². The van der Waals surface area contributed by atoms with Crippen LogP contribution in [0.15, 0.2) is 0 Å². The van der Waals surface area contributed by atoms with E-state index < -0.39 is 9.76 Å². The topological polar surface area (TPSA) is 52.6 Å². The monoisotopic (exact) mass is 218 g/mol. The van der Waals surface area contributed by atoms with Crippen LogP contribution < -0.4 is 0 Å². The van der Waals surface area contributed by atoms with Crippen LogP contribution in [0.25, 0.3) is 0 Å². The number of esters is 1. The molecule has 0 bridgehead atoms. The van der Waals surface area contributed by atoms with Gasteiger partial charge in [0.1, 0.15) is 0 Å². The lowest BCUT2D eigenvalue weighted by atomic mass is 10.2. The lowest BCUT2D eigenvalue weighted by Gasteiger charge is -2.06. The third-order valence-electron chi connectivity index (χ3n) is 1.56. The van der Waals surface area contributed by atoms with Crippen LogP contribution in [-0.4, -0.2) is 28.3 Å². The zero-order valence-electron chi connectivity index (χ0n) is 9.04. The lowest BCUT2D eigenvalue weighted by molar-refractivity contribution is -0.141.